The van der Waals surface area contributed by atoms with E-state index in [9.17, 15) is 14.7 Å². The number of carbonyl (C=O) groups is 2. The van der Waals surface area contributed by atoms with Crippen molar-refractivity contribution in [2.75, 3.05) is 11.9 Å². The summed E-state index contributed by atoms with van der Waals surface area (Å²) in [5.41, 5.74) is 0.651. The van der Waals surface area contributed by atoms with Crippen molar-refractivity contribution in [3.05, 3.63) is 29.3 Å². The average molecular weight is 341 g/mol. The van der Waals surface area contributed by atoms with Gasteiger partial charge in [0, 0.05) is 29.7 Å². The number of aliphatic carboxylic acids is 1. The van der Waals surface area contributed by atoms with Gasteiger partial charge in [0.05, 0.1) is 5.92 Å². The molecule has 0 fully saturated rings. The minimum atomic E-state index is -0.804. The van der Waals surface area contributed by atoms with Crippen molar-refractivity contribution >= 4 is 29.2 Å². The van der Waals surface area contributed by atoms with Gasteiger partial charge in [-0.25, -0.2) is 0 Å². The Kier molecular flexibility index (Phi) is 8.06. The van der Waals surface area contributed by atoms with Crippen molar-refractivity contribution in [1.82, 2.24) is 5.32 Å². The lowest BCUT2D eigenvalue weighted by Gasteiger charge is -2.19. The first-order chi connectivity index (χ1) is 10.8. The summed E-state index contributed by atoms with van der Waals surface area (Å²) < 4.78 is 0. The van der Waals surface area contributed by atoms with Gasteiger partial charge >= 0.3 is 5.97 Å². The fraction of sp³-hybridized carbons (Fsp3) is 0.529. The summed E-state index contributed by atoms with van der Waals surface area (Å²) in [5, 5.41) is 15.7. The lowest BCUT2D eigenvalue weighted by Crippen LogP contribution is -2.37. The summed E-state index contributed by atoms with van der Waals surface area (Å²) in [5.74, 6) is -1.06. The molecule has 128 valence electrons. The standard InChI is InChI=1S/C17H25ClN2O3/c1-11(2)7-13(17(22)23)10-19-12(3)8-16(21)20-15-6-4-5-14(18)9-15/h4-6,9,11-13,19H,7-8,10H2,1-3H3,(H,20,21)(H,22,23). The number of amides is 1. The van der Waals surface area contributed by atoms with Crippen LogP contribution in [0.2, 0.25) is 5.02 Å². The molecule has 0 aliphatic rings. The molecule has 0 aliphatic heterocycles. The van der Waals surface area contributed by atoms with Gasteiger partial charge in [0.2, 0.25) is 5.91 Å². The van der Waals surface area contributed by atoms with Crippen molar-refractivity contribution in [1.29, 1.82) is 0 Å². The molecule has 0 saturated heterocycles. The molecule has 1 rings (SSSR count). The van der Waals surface area contributed by atoms with Gasteiger partial charge in [-0.1, -0.05) is 31.5 Å². The first-order valence-corrected chi connectivity index (χ1v) is 8.17. The fourth-order valence-corrected chi connectivity index (χ4v) is 2.50. The Bertz CT molecular complexity index is 534. The summed E-state index contributed by atoms with van der Waals surface area (Å²) >= 11 is 5.87. The Morgan fingerprint density at radius 3 is 2.52 bits per heavy atom. The van der Waals surface area contributed by atoms with Gasteiger partial charge in [-0.3, -0.25) is 9.59 Å². The third kappa shape index (κ3) is 8.00. The number of nitrogens with one attached hydrogen (secondary N) is 2. The maximum absolute atomic E-state index is 12.0. The molecule has 0 spiro atoms. The van der Waals surface area contributed by atoms with E-state index in [1.807, 2.05) is 20.8 Å². The molecule has 3 N–H and O–H groups in total. The number of anilines is 1. The molecule has 0 saturated carbocycles. The third-order valence-corrected chi connectivity index (χ3v) is 3.65. The molecule has 0 heterocycles. The first kappa shape index (κ1) is 19.5. The normalized spacial score (nSPS) is 13.6. The zero-order valence-corrected chi connectivity index (χ0v) is 14.6. The van der Waals surface area contributed by atoms with Crippen molar-refractivity contribution in [2.24, 2.45) is 11.8 Å². The van der Waals surface area contributed by atoms with Gasteiger partial charge in [0.1, 0.15) is 0 Å². The molecule has 5 nitrogen and oxygen atoms in total. The van der Waals surface area contributed by atoms with Gasteiger partial charge in [-0.05, 0) is 37.5 Å². The fourth-order valence-electron chi connectivity index (χ4n) is 2.31. The minimum Gasteiger partial charge on any atom is -0.481 e. The molecule has 0 aliphatic carbocycles. The second kappa shape index (κ2) is 9.53. The topological polar surface area (TPSA) is 78.4 Å². The van der Waals surface area contributed by atoms with Crippen LogP contribution in [0.5, 0.6) is 0 Å². The van der Waals surface area contributed by atoms with Crippen molar-refractivity contribution < 1.29 is 14.7 Å². The Labute approximate surface area is 142 Å². The highest BCUT2D eigenvalue weighted by molar-refractivity contribution is 6.30. The zero-order chi connectivity index (χ0) is 17.4. The molecule has 1 aromatic carbocycles. The number of hydrogen-bond acceptors (Lipinski definition) is 3. The van der Waals surface area contributed by atoms with Crippen molar-refractivity contribution in [2.45, 2.75) is 39.7 Å². The Balaban J connectivity index is 2.41. The summed E-state index contributed by atoms with van der Waals surface area (Å²) in [6.07, 6.45) is 0.879. The number of rotatable bonds is 9. The highest BCUT2D eigenvalue weighted by Crippen LogP contribution is 2.15. The molecule has 2 atom stereocenters. The Morgan fingerprint density at radius 1 is 1.26 bits per heavy atom. The molecular weight excluding hydrogens is 316 g/mol. The van der Waals surface area contributed by atoms with E-state index in [-0.39, 0.29) is 18.4 Å². The molecule has 6 heteroatoms. The average Bonchev–Trinajstić information content (AvgIpc) is 2.42. The van der Waals surface area contributed by atoms with E-state index in [1.165, 1.54) is 0 Å². The zero-order valence-electron chi connectivity index (χ0n) is 13.8. The van der Waals surface area contributed by atoms with E-state index < -0.39 is 11.9 Å². The van der Waals surface area contributed by atoms with Crippen LogP contribution in [0, 0.1) is 11.8 Å². The molecule has 1 amide bonds. The van der Waals surface area contributed by atoms with E-state index in [0.717, 1.165) is 0 Å². The van der Waals surface area contributed by atoms with E-state index in [0.29, 0.717) is 29.6 Å². The summed E-state index contributed by atoms with van der Waals surface area (Å²) in [6.45, 7) is 6.22. The second-order valence-electron chi connectivity index (χ2n) is 6.24. The van der Waals surface area contributed by atoms with Crippen LogP contribution >= 0.6 is 11.6 Å². The number of halogens is 1. The summed E-state index contributed by atoms with van der Waals surface area (Å²) in [6, 6.07) is 6.85. The maximum atomic E-state index is 12.0. The van der Waals surface area contributed by atoms with E-state index in [1.54, 1.807) is 24.3 Å². The van der Waals surface area contributed by atoms with Gasteiger partial charge in [-0.2, -0.15) is 0 Å². The number of carbonyl (C=O) groups excluding carboxylic acids is 1. The van der Waals surface area contributed by atoms with Crippen LogP contribution in [0.3, 0.4) is 0 Å². The predicted molar refractivity (Wildman–Crippen MR) is 92.7 cm³/mol. The van der Waals surface area contributed by atoms with E-state index >= 15 is 0 Å². The van der Waals surface area contributed by atoms with Crippen LogP contribution in [0.1, 0.15) is 33.6 Å². The lowest BCUT2D eigenvalue weighted by atomic mass is 9.97. The number of benzene rings is 1. The molecule has 0 radical (unpaired) electrons. The second-order valence-corrected chi connectivity index (χ2v) is 6.67. The molecule has 23 heavy (non-hydrogen) atoms. The summed E-state index contributed by atoms with van der Waals surface area (Å²) in [7, 11) is 0. The third-order valence-electron chi connectivity index (χ3n) is 3.42. The van der Waals surface area contributed by atoms with Crippen LogP contribution < -0.4 is 10.6 Å². The molecular formula is C17H25ClN2O3. The van der Waals surface area contributed by atoms with Crippen LogP contribution in [-0.2, 0) is 9.59 Å². The quantitative estimate of drug-likeness (QED) is 0.643. The molecule has 1 aromatic rings. The SMILES string of the molecule is CC(C)CC(CNC(C)CC(=O)Nc1cccc(Cl)c1)C(=O)O. The van der Waals surface area contributed by atoms with Gasteiger partial charge in [-0.15, -0.1) is 0 Å². The largest absolute Gasteiger partial charge is 0.481 e. The highest BCUT2D eigenvalue weighted by atomic mass is 35.5. The molecule has 0 bridgehead atoms. The van der Waals surface area contributed by atoms with Gasteiger partial charge in [0.15, 0.2) is 0 Å². The Morgan fingerprint density at radius 2 is 1.96 bits per heavy atom. The first-order valence-electron chi connectivity index (χ1n) is 7.79. The van der Waals surface area contributed by atoms with Crippen molar-refractivity contribution in [3.63, 3.8) is 0 Å². The van der Waals surface area contributed by atoms with Crippen LogP contribution in [0.15, 0.2) is 24.3 Å². The monoisotopic (exact) mass is 340 g/mol. The Hall–Kier alpha value is -1.59. The maximum Gasteiger partial charge on any atom is 0.307 e. The number of hydrogen-bond donors (Lipinski definition) is 3. The van der Waals surface area contributed by atoms with Crippen LogP contribution in [0.4, 0.5) is 5.69 Å². The number of carboxylic acid groups (broad SMARTS) is 1. The van der Waals surface area contributed by atoms with E-state index in [2.05, 4.69) is 10.6 Å². The molecule has 2 unspecified atom stereocenters. The molecule has 0 aromatic heterocycles. The van der Waals surface area contributed by atoms with E-state index in [4.69, 9.17) is 11.6 Å². The lowest BCUT2D eigenvalue weighted by molar-refractivity contribution is -0.142. The van der Waals surface area contributed by atoms with Gasteiger partial charge in [0.25, 0.3) is 0 Å². The predicted octanol–water partition coefficient (Wildman–Crippen LogP) is 3.39. The van der Waals surface area contributed by atoms with Crippen LogP contribution in [-0.4, -0.2) is 29.6 Å². The van der Waals surface area contributed by atoms with Crippen LogP contribution in [0.25, 0.3) is 0 Å². The summed E-state index contributed by atoms with van der Waals surface area (Å²) in [4.78, 5) is 23.2. The van der Waals surface area contributed by atoms with Gasteiger partial charge < -0.3 is 15.7 Å². The van der Waals surface area contributed by atoms with Crippen molar-refractivity contribution in [3.8, 4) is 0 Å². The highest BCUT2D eigenvalue weighted by Gasteiger charge is 2.20. The number of carboxylic acids is 1. The smallest absolute Gasteiger partial charge is 0.307 e. The minimum absolute atomic E-state index is 0.108.